The summed E-state index contributed by atoms with van der Waals surface area (Å²) in [5.74, 6) is -2.95. The molecule has 8 heteroatoms. The Morgan fingerprint density at radius 3 is 2.41 bits per heavy atom. The Hall–Kier alpha value is -2.44. The first-order chi connectivity index (χ1) is 12.8. The van der Waals surface area contributed by atoms with Crippen molar-refractivity contribution >= 4 is 46.8 Å². The van der Waals surface area contributed by atoms with Crippen LogP contribution in [0.4, 0.5) is 14.5 Å². The van der Waals surface area contributed by atoms with Crippen molar-refractivity contribution in [1.82, 2.24) is 4.90 Å². The minimum absolute atomic E-state index is 0.227. The van der Waals surface area contributed by atoms with Crippen LogP contribution in [0.2, 0.25) is 10.0 Å². The number of carbonyl (C=O) groups is 2. The molecule has 142 valence electrons. The summed E-state index contributed by atoms with van der Waals surface area (Å²) in [6, 6.07) is 8.07. The number of hydrogen-bond acceptors (Lipinski definition) is 2. The molecule has 0 bridgehead atoms. The van der Waals surface area contributed by atoms with Crippen molar-refractivity contribution in [1.29, 1.82) is 0 Å². The summed E-state index contributed by atoms with van der Waals surface area (Å²) in [5, 5.41) is 2.99. The maximum atomic E-state index is 13.6. The van der Waals surface area contributed by atoms with Gasteiger partial charge in [-0.3, -0.25) is 9.59 Å². The number of likely N-dealkylation sites (N-methyl/N-ethyl adjacent to an activating group) is 1. The van der Waals surface area contributed by atoms with Crippen molar-refractivity contribution in [2.75, 3.05) is 18.4 Å². The Balaban J connectivity index is 2.04. The molecule has 0 saturated heterocycles. The first-order valence-electron chi connectivity index (χ1n) is 7.97. The molecule has 0 unspecified atom stereocenters. The number of halogens is 4. The molecule has 2 rings (SSSR count). The fourth-order valence-corrected chi connectivity index (χ4v) is 2.69. The first-order valence-corrected chi connectivity index (χ1v) is 8.73. The van der Waals surface area contributed by atoms with Crippen LogP contribution in [0.5, 0.6) is 0 Å². The summed E-state index contributed by atoms with van der Waals surface area (Å²) in [7, 11) is 0. The average Bonchev–Trinajstić information content (AvgIpc) is 2.62. The molecule has 0 heterocycles. The van der Waals surface area contributed by atoms with Gasteiger partial charge in [0, 0.05) is 22.7 Å². The van der Waals surface area contributed by atoms with Crippen molar-refractivity contribution in [3.63, 3.8) is 0 Å². The van der Waals surface area contributed by atoms with Crippen molar-refractivity contribution in [3.05, 3.63) is 69.7 Å². The zero-order valence-corrected chi connectivity index (χ0v) is 15.8. The Labute approximate surface area is 165 Å². The highest BCUT2D eigenvalue weighted by molar-refractivity contribution is 6.35. The maximum Gasteiger partial charge on any atom is 0.247 e. The summed E-state index contributed by atoms with van der Waals surface area (Å²) in [6.07, 6.45) is 2.76. The molecule has 0 aliphatic rings. The number of hydrogen-bond donors (Lipinski definition) is 1. The molecule has 0 aliphatic heterocycles. The summed E-state index contributed by atoms with van der Waals surface area (Å²) >= 11 is 11.9. The van der Waals surface area contributed by atoms with Gasteiger partial charge in [-0.1, -0.05) is 35.3 Å². The second-order valence-corrected chi connectivity index (χ2v) is 6.34. The molecule has 0 radical (unpaired) electrons. The molecule has 4 nitrogen and oxygen atoms in total. The van der Waals surface area contributed by atoms with Crippen LogP contribution in [0.15, 0.2) is 42.5 Å². The van der Waals surface area contributed by atoms with Gasteiger partial charge in [0.15, 0.2) is 0 Å². The number of amides is 2. The van der Waals surface area contributed by atoms with Crippen LogP contribution < -0.4 is 5.32 Å². The summed E-state index contributed by atoms with van der Waals surface area (Å²) in [5.41, 5.74) is 0.0397. The van der Waals surface area contributed by atoms with Crippen LogP contribution in [-0.2, 0) is 9.59 Å². The molecule has 1 N–H and O–H groups in total. The van der Waals surface area contributed by atoms with Crippen molar-refractivity contribution in [2.45, 2.75) is 6.92 Å². The van der Waals surface area contributed by atoms with Gasteiger partial charge < -0.3 is 10.2 Å². The Morgan fingerprint density at radius 2 is 1.81 bits per heavy atom. The van der Waals surface area contributed by atoms with Crippen LogP contribution in [-0.4, -0.2) is 29.8 Å². The summed E-state index contributed by atoms with van der Waals surface area (Å²) in [4.78, 5) is 25.6. The van der Waals surface area contributed by atoms with Gasteiger partial charge in [0.2, 0.25) is 11.8 Å². The highest BCUT2D eigenvalue weighted by Gasteiger charge is 2.16. The molecule has 0 atom stereocenters. The predicted molar refractivity (Wildman–Crippen MR) is 103 cm³/mol. The van der Waals surface area contributed by atoms with E-state index >= 15 is 0 Å². The monoisotopic (exact) mass is 412 g/mol. The zero-order chi connectivity index (χ0) is 20.0. The lowest BCUT2D eigenvalue weighted by Gasteiger charge is -2.19. The topological polar surface area (TPSA) is 49.4 Å². The summed E-state index contributed by atoms with van der Waals surface area (Å²) < 4.78 is 27.2. The Bertz CT molecular complexity index is 868. The third-order valence-electron chi connectivity index (χ3n) is 3.62. The molecule has 2 aromatic rings. The standard InChI is InChI=1S/C19H16Cl2F2N2O2/c1-2-25(11-17(26)24-19-15(22)4-3-5-16(19)23)18(27)9-7-12-6-8-13(20)10-14(12)21/h3-10H,2,11H2,1H3,(H,24,26). The van der Waals surface area contributed by atoms with Gasteiger partial charge in [0.25, 0.3) is 0 Å². The minimum Gasteiger partial charge on any atom is -0.330 e. The smallest absolute Gasteiger partial charge is 0.247 e. The van der Waals surface area contributed by atoms with Crippen LogP contribution in [0, 0.1) is 11.6 Å². The van der Waals surface area contributed by atoms with Gasteiger partial charge in [-0.15, -0.1) is 0 Å². The van der Waals surface area contributed by atoms with E-state index in [0.29, 0.717) is 15.6 Å². The second-order valence-electron chi connectivity index (χ2n) is 5.50. The van der Waals surface area contributed by atoms with E-state index in [9.17, 15) is 18.4 Å². The molecule has 0 spiro atoms. The van der Waals surface area contributed by atoms with Crippen molar-refractivity contribution < 1.29 is 18.4 Å². The van der Waals surface area contributed by atoms with Crippen LogP contribution in [0.3, 0.4) is 0 Å². The minimum atomic E-state index is -0.894. The van der Waals surface area contributed by atoms with E-state index in [4.69, 9.17) is 23.2 Å². The molecule has 0 aliphatic carbocycles. The molecule has 2 amide bonds. The second kappa shape index (κ2) is 9.48. The van der Waals surface area contributed by atoms with Gasteiger partial charge in [-0.05, 0) is 42.8 Å². The lowest BCUT2D eigenvalue weighted by atomic mass is 10.2. The Morgan fingerprint density at radius 1 is 1.15 bits per heavy atom. The molecule has 0 fully saturated rings. The molecule has 0 saturated carbocycles. The van der Waals surface area contributed by atoms with Gasteiger partial charge in [0.05, 0.1) is 0 Å². The largest absolute Gasteiger partial charge is 0.330 e. The number of nitrogens with zero attached hydrogens (tertiary/aromatic N) is 1. The van der Waals surface area contributed by atoms with E-state index in [1.165, 1.54) is 23.1 Å². The zero-order valence-electron chi connectivity index (χ0n) is 14.3. The van der Waals surface area contributed by atoms with Crippen LogP contribution >= 0.6 is 23.2 Å². The number of rotatable bonds is 6. The quantitative estimate of drug-likeness (QED) is 0.694. The van der Waals surface area contributed by atoms with Crippen LogP contribution in [0.1, 0.15) is 12.5 Å². The normalized spacial score (nSPS) is 10.9. The van der Waals surface area contributed by atoms with E-state index < -0.39 is 29.1 Å². The predicted octanol–water partition coefficient (Wildman–Crippen LogP) is 4.77. The highest BCUT2D eigenvalue weighted by atomic mass is 35.5. The fraction of sp³-hybridized carbons (Fsp3) is 0.158. The van der Waals surface area contributed by atoms with Gasteiger partial charge in [0.1, 0.15) is 23.9 Å². The fourth-order valence-electron chi connectivity index (χ4n) is 2.22. The Kier molecular flexibility index (Phi) is 7.33. The maximum absolute atomic E-state index is 13.6. The molecule has 2 aromatic carbocycles. The van der Waals surface area contributed by atoms with E-state index in [0.717, 1.165) is 12.1 Å². The molecular weight excluding hydrogens is 397 g/mol. The van der Waals surface area contributed by atoms with E-state index in [1.807, 2.05) is 0 Å². The van der Waals surface area contributed by atoms with E-state index in [-0.39, 0.29) is 13.1 Å². The first kappa shape index (κ1) is 20.9. The lowest BCUT2D eigenvalue weighted by molar-refractivity contribution is -0.130. The number of para-hydroxylation sites is 1. The molecule has 27 heavy (non-hydrogen) atoms. The third kappa shape index (κ3) is 5.77. The number of nitrogens with one attached hydrogen (secondary N) is 1. The van der Waals surface area contributed by atoms with Crippen molar-refractivity contribution in [3.8, 4) is 0 Å². The van der Waals surface area contributed by atoms with Crippen molar-refractivity contribution in [2.24, 2.45) is 0 Å². The van der Waals surface area contributed by atoms with Gasteiger partial charge >= 0.3 is 0 Å². The van der Waals surface area contributed by atoms with E-state index in [1.54, 1.807) is 25.1 Å². The number of carbonyl (C=O) groups excluding carboxylic acids is 2. The SMILES string of the molecule is CCN(CC(=O)Nc1c(F)cccc1F)C(=O)C=Cc1ccc(Cl)cc1Cl. The van der Waals surface area contributed by atoms with E-state index in [2.05, 4.69) is 5.32 Å². The third-order valence-corrected chi connectivity index (χ3v) is 4.19. The summed E-state index contributed by atoms with van der Waals surface area (Å²) in [6.45, 7) is 1.55. The van der Waals surface area contributed by atoms with Gasteiger partial charge in [-0.25, -0.2) is 8.78 Å². The molecule has 0 aromatic heterocycles. The van der Waals surface area contributed by atoms with Gasteiger partial charge in [-0.2, -0.15) is 0 Å². The lowest BCUT2D eigenvalue weighted by Crippen LogP contribution is -2.37. The number of benzene rings is 2. The number of anilines is 1. The average molecular weight is 413 g/mol. The molecular formula is C19H16Cl2F2N2O2. The highest BCUT2D eigenvalue weighted by Crippen LogP contribution is 2.22. The van der Waals surface area contributed by atoms with Crippen LogP contribution in [0.25, 0.3) is 6.08 Å².